The molecule has 7 nitrogen and oxygen atoms in total. The van der Waals surface area contributed by atoms with Crippen molar-refractivity contribution in [2.75, 3.05) is 0 Å². The molecule has 0 saturated carbocycles. The van der Waals surface area contributed by atoms with E-state index in [4.69, 9.17) is 4.42 Å². The van der Waals surface area contributed by atoms with Crippen molar-refractivity contribution in [2.24, 2.45) is 0 Å². The molecule has 0 aromatic carbocycles. The molecule has 5 aromatic rings. The van der Waals surface area contributed by atoms with E-state index in [2.05, 4.69) is 30.1 Å². The number of hydrogen-bond acceptors (Lipinski definition) is 7. The summed E-state index contributed by atoms with van der Waals surface area (Å²) in [6, 6.07) is 15.3. The van der Waals surface area contributed by atoms with Gasteiger partial charge in [0.2, 0.25) is 11.8 Å². The van der Waals surface area contributed by atoms with E-state index in [1.165, 1.54) is 0 Å². The first-order valence-corrected chi connectivity index (χ1v) is 8.94. The maximum absolute atomic E-state index is 5.82. The zero-order valence-electron chi connectivity index (χ0n) is 15.2. The number of hydrogen-bond donors (Lipinski definition) is 0. The van der Waals surface area contributed by atoms with Crippen molar-refractivity contribution in [3.8, 4) is 45.4 Å². The molecular formula is C22H14N6O. The van der Waals surface area contributed by atoms with Crippen molar-refractivity contribution < 1.29 is 4.42 Å². The van der Waals surface area contributed by atoms with Gasteiger partial charge in [0.15, 0.2) is 0 Å². The minimum absolute atomic E-state index is 0.409. The van der Waals surface area contributed by atoms with Crippen LogP contribution in [0.1, 0.15) is 0 Å². The lowest BCUT2D eigenvalue weighted by atomic mass is 10.1. The van der Waals surface area contributed by atoms with Gasteiger partial charge in [-0.1, -0.05) is 0 Å². The maximum Gasteiger partial charge on any atom is 0.249 e. The predicted octanol–water partition coefficient (Wildman–Crippen LogP) is 4.32. The van der Waals surface area contributed by atoms with Gasteiger partial charge in [0.05, 0.1) is 22.5 Å². The molecule has 0 aliphatic rings. The molecule has 0 aliphatic carbocycles. The van der Waals surface area contributed by atoms with Crippen molar-refractivity contribution in [1.29, 1.82) is 0 Å². The summed E-state index contributed by atoms with van der Waals surface area (Å²) in [7, 11) is 0. The second kappa shape index (κ2) is 7.40. The monoisotopic (exact) mass is 378 g/mol. The third-order valence-electron chi connectivity index (χ3n) is 4.40. The number of aromatic nitrogens is 6. The number of rotatable bonds is 4. The van der Waals surface area contributed by atoms with Crippen molar-refractivity contribution in [2.45, 2.75) is 0 Å². The average Bonchev–Trinajstić information content (AvgIpc) is 3.31. The Morgan fingerprint density at radius 3 is 1.31 bits per heavy atom. The van der Waals surface area contributed by atoms with Crippen LogP contribution in [0.2, 0.25) is 0 Å². The first-order valence-electron chi connectivity index (χ1n) is 8.94. The summed E-state index contributed by atoms with van der Waals surface area (Å²) in [6.07, 6.45) is 10.4. The third-order valence-corrected chi connectivity index (χ3v) is 4.40. The van der Waals surface area contributed by atoms with Gasteiger partial charge in [-0.2, -0.15) is 0 Å². The Morgan fingerprint density at radius 1 is 0.483 bits per heavy atom. The Balaban J connectivity index is 1.38. The van der Waals surface area contributed by atoms with E-state index in [-0.39, 0.29) is 0 Å². The lowest BCUT2D eigenvalue weighted by Crippen LogP contribution is -1.85. The van der Waals surface area contributed by atoms with Gasteiger partial charge in [-0.3, -0.25) is 19.9 Å². The van der Waals surface area contributed by atoms with Crippen LogP contribution in [-0.4, -0.2) is 30.1 Å². The highest BCUT2D eigenvalue weighted by Crippen LogP contribution is 2.26. The molecule has 0 radical (unpaired) electrons. The van der Waals surface area contributed by atoms with E-state index in [1.54, 1.807) is 37.2 Å². The Hall–Kier alpha value is -4.26. The molecule has 0 saturated heterocycles. The largest absolute Gasteiger partial charge is 0.416 e. The topological polar surface area (TPSA) is 90.5 Å². The van der Waals surface area contributed by atoms with Crippen LogP contribution < -0.4 is 0 Å². The molecule has 5 rings (SSSR count). The standard InChI is InChI=1S/C22H14N6O/c1-3-19(15-5-9-23-10-6-15)25-13-17(1)21-27-28-22(29-21)18-2-4-20(26-14-18)16-7-11-24-12-8-16/h1-14H. The van der Waals surface area contributed by atoms with E-state index < -0.39 is 0 Å². The summed E-state index contributed by atoms with van der Waals surface area (Å²) < 4.78 is 5.82. The van der Waals surface area contributed by atoms with Crippen LogP contribution in [0.4, 0.5) is 0 Å². The fourth-order valence-electron chi connectivity index (χ4n) is 2.88. The molecule has 0 unspecified atom stereocenters. The Morgan fingerprint density at radius 2 is 0.931 bits per heavy atom. The minimum Gasteiger partial charge on any atom is -0.416 e. The van der Waals surface area contributed by atoms with Gasteiger partial charge in [-0.25, -0.2) is 0 Å². The van der Waals surface area contributed by atoms with Crippen LogP contribution in [0.5, 0.6) is 0 Å². The van der Waals surface area contributed by atoms with Crippen molar-refractivity contribution >= 4 is 0 Å². The first-order chi connectivity index (χ1) is 14.4. The lowest BCUT2D eigenvalue weighted by molar-refractivity contribution is 0.584. The zero-order valence-corrected chi connectivity index (χ0v) is 15.2. The molecule has 0 spiro atoms. The summed E-state index contributed by atoms with van der Waals surface area (Å²) in [5.74, 6) is 0.818. The maximum atomic E-state index is 5.82. The summed E-state index contributed by atoms with van der Waals surface area (Å²) >= 11 is 0. The number of pyridine rings is 4. The van der Waals surface area contributed by atoms with Crippen LogP contribution in [0.3, 0.4) is 0 Å². The van der Waals surface area contributed by atoms with Crippen LogP contribution in [0.15, 0.2) is 90.1 Å². The Kier molecular flexibility index (Phi) is 4.31. The van der Waals surface area contributed by atoms with E-state index in [0.717, 1.165) is 33.6 Å². The van der Waals surface area contributed by atoms with E-state index >= 15 is 0 Å². The molecule has 5 aromatic heterocycles. The lowest BCUT2D eigenvalue weighted by Gasteiger charge is -2.01. The molecular weight excluding hydrogens is 364 g/mol. The van der Waals surface area contributed by atoms with Crippen LogP contribution >= 0.6 is 0 Å². The first kappa shape index (κ1) is 16.9. The summed E-state index contributed by atoms with van der Waals surface area (Å²) in [4.78, 5) is 17.0. The Bertz CT molecular complexity index is 1120. The van der Waals surface area contributed by atoms with Crippen LogP contribution in [-0.2, 0) is 0 Å². The highest BCUT2D eigenvalue weighted by molar-refractivity contribution is 5.64. The summed E-state index contributed by atoms with van der Waals surface area (Å²) in [5, 5.41) is 8.29. The Labute approximate surface area is 166 Å². The van der Waals surface area contributed by atoms with Gasteiger partial charge in [0.25, 0.3) is 0 Å². The normalized spacial score (nSPS) is 10.8. The molecule has 0 atom stereocenters. The molecule has 0 amide bonds. The molecule has 29 heavy (non-hydrogen) atoms. The third kappa shape index (κ3) is 3.49. The highest BCUT2D eigenvalue weighted by atomic mass is 16.4. The van der Waals surface area contributed by atoms with Gasteiger partial charge in [0.1, 0.15) is 0 Å². The van der Waals surface area contributed by atoms with E-state index in [9.17, 15) is 0 Å². The van der Waals surface area contributed by atoms with E-state index in [0.29, 0.717) is 11.8 Å². The van der Waals surface area contributed by atoms with Crippen LogP contribution in [0, 0.1) is 0 Å². The van der Waals surface area contributed by atoms with Crippen molar-refractivity contribution in [3.05, 3.63) is 85.7 Å². The zero-order chi connectivity index (χ0) is 19.5. The quantitative estimate of drug-likeness (QED) is 0.460. The fraction of sp³-hybridized carbons (Fsp3) is 0. The smallest absolute Gasteiger partial charge is 0.249 e. The predicted molar refractivity (Wildman–Crippen MR) is 107 cm³/mol. The second-order valence-corrected chi connectivity index (χ2v) is 6.25. The summed E-state index contributed by atoms with van der Waals surface area (Å²) in [5.41, 5.74) is 5.21. The van der Waals surface area contributed by atoms with Gasteiger partial charge >= 0.3 is 0 Å². The van der Waals surface area contributed by atoms with Gasteiger partial charge < -0.3 is 4.42 Å². The molecule has 0 bridgehead atoms. The summed E-state index contributed by atoms with van der Waals surface area (Å²) in [6.45, 7) is 0. The SMILES string of the molecule is c1cc(-c2ccc(-c3nnc(-c4ccc(-c5ccncc5)nc4)o3)cn2)ccn1. The minimum atomic E-state index is 0.409. The van der Waals surface area contributed by atoms with Crippen molar-refractivity contribution in [1.82, 2.24) is 30.1 Å². The molecule has 0 N–H and O–H groups in total. The average molecular weight is 378 g/mol. The molecule has 0 aliphatic heterocycles. The van der Waals surface area contributed by atoms with Gasteiger partial charge in [0, 0.05) is 48.3 Å². The molecule has 138 valence electrons. The van der Waals surface area contributed by atoms with Crippen molar-refractivity contribution in [3.63, 3.8) is 0 Å². The van der Waals surface area contributed by atoms with Crippen LogP contribution in [0.25, 0.3) is 45.4 Å². The molecule has 5 heterocycles. The fourth-order valence-corrected chi connectivity index (χ4v) is 2.88. The highest BCUT2D eigenvalue weighted by Gasteiger charge is 2.12. The number of nitrogens with zero attached hydrogens (tertiary/aromatic N) is 6. The molecule has 0 fully saturated rings. The second-order valence-electron chi connectivity index (χ2n) is 6.25. The van der Waals surface area contributed by atoms with E-state index in [1.807, 2.05) is 48.5 Å². The molecule has 7 heteroatoms. The van der Waals surface area contributed by atoms with Gasteiger partial charge in [-0.05, 0) is 48.5 Å². The van der Waals surface area contributed by atoms with Gasteiger partial charge in [-0.15, -0.1) is 10.2 Å².